The highest BCUT2D eigenvalue weighted by atomic mass is 32.1. The number of carbonyl (C=O) groups excluding carboxylic acids is 1. The lowest BCUT2D eigenvalue weighted by Gasteiger charge is -2.37. The molecule has 4 rings (SSSR count). The molecule has 0 atom stereocenters. The maximum Gasteiger partial charge on any atom is 0.271 e. The molecule has 0 saturated carbocycles. The van der Waals surface area contributed by atoms with Gasteiger partial charge in [0.1, 0.15) is 10.7 Å². The molecule has 0 unspecified atom stereocenters. The summed E-state index contributed by atoms with van der Waals surface area (Å²) in [4.78, 5) is 18.6. The van der Waals surface area contributed by atoms with Crippen molar-refractivity contribution in [1.82, 2.24) is 10.3 Å². The Hall–Kier alpha value is -2.02. The van der Waals surface area contributed by atoms with Gasteiger partial charge in [0.05, 0.1) is 5.54 Å². The number of hydrogen-bond donors (Lipinski definition) is 1. The van der Waals surface area contributed by atoms with E-state index in [1.807, 2.05) is 41.8 Å². The molecule has 1 aromatic carbocycles. The van der Waals surface area contributed by atoms with Gasteiger partial charge >= 0.3 is 0 Å². The van der Waals surface area contributed by atoms with Gasteiger partial charge in [-0.25, -0.2) is 4.98 Å². The van der Waals surface area contributed by atoms with Crippen molar-refractivity contribution < 1.29 is 9.53 Å². The fourth-order valence-corrected chi connectivity index (χ4v) is 4.82. The van der Waals surface area contributed by atoms with Crippen LogP contribution in [0.3, 0.4) is 0 Å². The molecule has 0 aliphatic carbocycles. The number of benzene rings is 1. The van der Waals surface area contributed by atoms with Crippen LogP contribution in [0.15, 0.2) is 53.2 Å². The molecule has 1 amide bonds. The minimum absolute atomic E-state index is 0.117. The monoisotopic (exact) mass is 370 g/mol. The lowest BCUT2D eigenvalue weighted by atomic mass is 9.88. The van der Waals surface area contributed by atoms with Crippen molar-refractivity contribution in [3.8, 4) is 10.6 Å². The van der Waals surface area contributed by atoms with Gasteiger partial charge in [0.15, 0.2) is 0 Å². The van der Waals surface area contributed by atoms with Crippen molar-refractivity contribution in [2.45, 2.75) is 18.4 Å². The second-order valence-electron chi connectivity index (χ2n) is 6.03. The highest BCUT2D eigenvalue weighted by Crippen LogP contribution is 2.35. The number of ether oxygens (including phenoxy) is 1. The fraction of sp³-hybridized carbons (Fsp3) is 0.263. The van der Waals surface area contributed by atoms with Crippen LogP contribution < -0.4 is 5.32 Å². The molecule has 3 aromatic rings. The Labute approximate surface area is 154 Å². The highest BCUT2D eigenvalue weighted by Gasteiger charge is 2.37. The molecule has 1 saturated heterocycles. The number of carbonyl (C=O) groups is 1. The molecular formula is C19H18N2O2S2. The molecule has 128 valence electrons. The number of aromatic nitrogens is 1. The highest BCUT2D eigenvalue weighted by molar-refractivity contribution is 7.13. The maximum absolute atomic E-state index is 12.9. The van der Waals surface area contributed by atoms with E-state index in [1.165, 1.54) is 16.2 Å². The van der Waals surface area contributed by atoms with Gasteiger partial charge < -0.3 is 10.1 Å². The summed E-state index contributed by atoms with van der Waals surface area (Å²) in [6.45, 7) is 1.31. The number of thiazole rings is 1. The average molecular weight is 370 g/mol. The number of nitrogens with zero attached hydrogens (tertiary/aromatic N) is 1. The van der Waals surface area contributed by atoms with Crippen LogP contribution in [0.2, 0.25) is 0 Å². The third kappa shape index (κ3) is 3.38. The molecule has 3 heterocycles. The van der Waals surface area contributed by atoms with E-state index in [-0.39, 0.29) is 11.4 Å². The van der Waals surface area contributed by atoms with Gasteiger partial charge in [0.2, 0.25) is 0 Å². The third-order valence-electron chi connectivity index (χ3n) is 4.45. The zero-order valence-corrected chi connectivity index (χ0v) is 15.2. The first kappa shape index (κ1) is 16.4. The summed E-state index contributed by atoms with van der Waals surface area (Å²) in [7, 11) is 0. The van der Waals surface area contributed by atoms with Gasteiger partial charge in [0, 0.05) is 29.0 Å². The second-order valence-corrected chi connectivity index (χ2v) is 7.84. The first-order chi connectivity index (χ1) is 12.3. The Balaban J connectivity index is 1.57. The van der Waals surface area contributed by atoms with E-state index >= 15 is 0 Å². The molecule has 1 aliphatic rings. The standard InChI is InChI=1S/C19H18N2O2S2/c22-17(15-13-25-18(20-15)14-5-2-1-3-6-14)21-19(8-10-23-11-9-19)16-7-4-12-24-16/h1-7,12-13H,8-11H2,(H,21,22). The zero-order valence-electron chi connectivity index (χ0n) is 13.6. The van der Waals surface area contributed by atoms with Crippen LogP contribution in [-0.4, -0.2) is 24.1 Å². The van der Waals surface area contributed by atoms with Crippen LogP contribution in [0.1, 0.15) is 28.2 Å². The lowest BCUT2D eigenvalue weighted by Crippen LogP contribution is -2.49. The largest absolute Gasteiger partial charge is 0.381 e. The number of thiophene rings is 1. The normalized spacial score (nSPS) is 16.5. The van der Waals surface area contributed by atoms with Crippen LogP contribution in [0.4, 0.5) is 0 Å². The van der Waals surface area contributed by atoms with E-state index < -0.39 is 0 Å². The van der Waals surface area contributed by atoms with E-state index in [4.69, 9.17) is 4.74 Å². The van der Waals surface area contributed by atoms with Crippen molar-refractivity contribution >= 4 is 28.6 Å². The van der Waals surface area contributed by atoms with Crippen molar-refractivity contribution in [2.24, 2.45) is 0 Å². The van der Waals surface area contributed by atoms with Gasteiger partial charge in [0.25, 0.3) is 5.91 Å². The third-order valence-corrected chi connectivity index (χ3v) is 6.41. The van der Waals surface area contributed by atoms with Crippen LogP contribution >= 0.6 is 22.7 Å². The first-order valence-corrected chi connectivity index (χ1v) is 9.98. The molecule has 6 heteroatoms. The molecule has 1 aliphatic heterocycles. The Morgan fingerprint density at radius 2 is 1.88 bits per heavy atom. The molecule has 0 radical (unpaired) electrons. The van der Waals surface area contributed by atoms with Gasteiger partial charge in [-0.1, -0.05) is 36.4 Å². The predicted molar refractivity (Wildman–Crippen MR) is 101 cm³/mol. The van der Waals surface area contributed by atoms with E-state index in [0.29, 0.717) is 18.9 Å². The van der Waals surface area contributed by atoms with Crippen LogP contribution in [0, 0.1) is 0 Å². The molecule has 0 spiro atoms. The summed E-state index contributed by atoms with van der Waals surface area (Å²) in [5.41, 5.74) is 1.16. The molecule has 4 nitrogen and oxygen atoms in total. The van der Waals surface area contributed by atoms with Gasteiger partial charge in [-0.05, 0) is 24.3 Å². The van der Waals surface area contributed by atoms with E-state index in [2.05, 4.69) is 21.7 Å². The minimum Gasteiger partial charge on any atom is -0.381 e. The number of hydrogen-bond acceptors (Lipinski definition) is 5. The van der Waals surface area contributed by atoms with Crippen molar-refractivity contribution in [3.63, 3.8) is 0 Å². The molecule has 0 bridgehead atoms. The Morgan fingerprint density at radius 1 is 1.08 bits per heavy atom. The average Bonchev–Trinajstić information content (AvgIpc) is 3.36. The lowest BCUT2D eigenvalue weighted by molar-refractivity contribution is 0.0357. The molecule has 25 heavy (non-hydrogen) atoms. The SMILES string of the molecule is O=C(NC1(c2cccs2)CCOCC1)c1csc(-c2ccccc2)n1. The topological polar surface area (TPSA) is 51.2 Å². The minimum atomic E-state index is -0.347. The molecule has 2 aromatic heterocycles. The second kappa shape index (κ2) is 7.07. The number of nitrogens with one attached hydrogen (secondary N) is 1. The summed E-state index contributed by atoms with van der Waals surface area (Å²) < 4.78 is 5.51. The van der Waals surface area contributed by atoms with Crippen LogP contribution in [0.5, 0.6) is 0 Å². The predicted octanol–water partition coefficient (Wildman–Crippen LogP) is 4.31. The van der Waals surface area contributed by atoms with Gasteiger partial charge in [-0.15, -0.1) is 22.7 Å². The quantitative estimate of drug-likeness (QED) is 0.745. The summed E-state index contributed by atoms with van der Waals surface area (Å²) in [6, 6.07) is 14.1. The van der Waals surface area contributed by atoms with Crippen LogP contribution in [-0.2, 0) is 10.3 Å². The van der Waals surface area contributed by atoms with Gasteiger partial charge in [-0.3, -0.25) is 4.79 Å². The zero-order chi connectivity index (χ0) is 17.1. The first-order valence-electron chi connectivity index (χ1n) is 8.22. The van der Waals surface area contributed by atoms with E-state index in [1.54, 1.807) is 11.3 Å². The number of amides is 1. The van der Waals surface area contributed by atoms with E-state index in [0.717, 1.165) is 23.4 Å². The summed E-state index contributed by atoms with van der Waals surface area (Å²) in [5.74, 6) is -0.117. The van der Waals surface area contributed by atoms with Crippen molar-refractivity contribution in [3.05, 3.63) is 63.8 Å². The molecule has 1 N–H and O–H groups in total. The Morgan fingerprint density at radius 3 is 2.60 bits per heavy atom. The maximum atomic E-state index is 12.9. The van der Waals surface area contributed by atoms with Gasteiger partial charge in [-0.2, -0.15) is 0 Å². The van der Waals surface area contributed by atoms with Crippen LogP contribution in [0.25, 0.3) is 10.6 Å². The van der Waals surface area contributed by atoms with Crippen molar-refractivity contribution in [1.29, 1.82) is 0 Å². The summed E-state index contributed by atoms with van der Waals surface area (Å²) >= 11 is 3.17. The summed E-state index contributed by atoms with van der Waals surface area (Å²) in [6.07, 6.45) is 1.57. The number of rotatable bonds is 4. The Kier molecular flexibility index (Phi) is 4.65. The molecular weight excluding hydrogens is 352 g/mol. The smallest absolute Gasteiger partial charge is 0.271 e. The molecule has 1 fully saturated rings. The fourth-order valence-electron chi connectivity index (χ4n) is 3.08. The Bertz CT molecular complexity index is 837. The summed E-state index contributed by atoms with van der Waals surface area (Å²) in [5, 5.41) is 8.00. The van der Waals surface area contributed by atoms with E-state index in [9.17, 15) is 4.79 Å². The van der Waals surface area contributed by atoms with Crippen molar-refractivity contribution in [2.75, 3.05) is 13.2 Å².